The van der Waals surface area contributed by atoms with Gasteiger partial charge in [-0.25, -0.2) is 0 Å². The van der Waals surface area contributed by atoms with E-state index in [9.17, 15) is 0 Å². The quantitative estimate of drug-likeness (QED) is 0.281. The van der Waals surface area contributed by atoms with Crippen LogP contribution in [0.25, 0.3) is 5.70 Å². The first-order chi connectivity index (χ1) is 19.6. The molecule has 3 aromatic carbocycles. The number of hydrogen-bond acceptors (Lipinski definition) is 5. The first kappa shape index (κ1) is 28.3. The zero-order valence-electron chi connectivity index (χ0n) is 23.7. The third-order valence-corrected chi connectivity index (χ3v) is 8.58. The molecule has 40 heavy (non-hydrogen) atoms. The van der Waals surface area contributed by atoms with E-state index in [0.29, 0.717) is 6.67 Å². The van der Waals surface area contributed by atoms with Gasteiger partial charge in [0, 0.05) is 61.1 Å². The molecule has 1 saturated heterocycles. The molecule has 1 aliphatic heterocycles. The molecule has 6 heteroatoms. The highest BCUT2D eigenvalue weighted by atomic mass is 35.5. The van der Waals surface area contributed by atoms with E-state index in [1.165, 1.54) is 35.3 Å². The predicted molar refractivity (Wildman–Crippen MR) is 171 cm³/mol. The summed E-state index contributed by atoms with van der Waals surface area (Å²) in [6.45, 7) is 12.3. The standard InChI is InChI=1S/C34H40ClN5/c1-4-26-11-12-27(22-33(26)35)32-21-28(34(36-2)31-8-6-5-7-30(31)32)23-37-24-38-29-13-9-25(10-14-29)15-16-40-19-17-39(3)18-20-40/h5-14,22-23,32,38H,2,4,15-21,24H2,1,3H3/b37-23-. The molecule has 1 fully saturated rings. The summed E-state index contributed by atoms with van der Waals surface area (Å²) in [4.78, 5) is 14.1. The van der Waals surface area contributed by atoms with Crippen molar-refractivity contribution in [3.05, 3.63) is 105 Å². The number of nitrogens with zero attached hydrogens (tertiary/aromatic N) is 4. The highest BCUT2D eigenvalue weighted by Gasteiger charge is 2.27. The summed E-state index contributed by atoms with van der Waals surface area (Å²) >= 11 is 6.62. The fourth-order valence-electron chi connectivity index (χ4n) is 5.72. The molecule has 0 amide bonds. The first-order valence-corrected chi connectivity index (χ1v) is 14.7. The van der Waals surface area contributed by atoms with Crippen LogP contribution < -0.4 is 5.32 Å². The lowest BCUT2D eigenvalue weighted by molar-refractivity contribution is 0.155. The van der Waals surface area contributed by atoms with Crippen LogP contribution in [-0.4, -0.2) is 69.2 Å². The van der Waals surface area contributed by atoms with Gasteiger partial charge in [0.25, 0.3) is 0 Å². The Bertz CT molecular complexity index is 1370. The molecule has 0 bridgehead atoms. The second-order valence-corrected chi connectivity index (χ2v) is 11.2. The van der Waals surface area contributed by atoms with Crippen LogP contribution in [0.2, 0.25) is 5.02 Å². The van der Waals surface area contributed by atoms with E-state index in [-0.39, 0.29) is 5.92 Å². The summed E-state index contributed by atoms with van der Waals surface area (Å²) in [5.74, 6) is 0.193. The maximum Gasteiger partial charge on any atom is 0.107 e. The van der Waals surface area contributed by atoms with Crippen molar-refractivity contribution in [2.75, 3.05) is 51.8 Å². The second kappa shape index (κ2) is 13.4. The minimum atomic E-state index is 0.193. The zero-order valence-corrected chi connectivity index (χ0v) is 24.5. The normalized spacial score (nSPS) is 18.2. The Kier molecular flexibility index (Phi) is 9.48. The summed E-state index contributed by atoms with van der Waals surface area (Å²) in [6, 6.07) is 23.7. The van der Waals surface area contributed by atoms with Gasteiger partial charge in [-0.1, -0.05) is 67.1 Å². The molecule has 208 valence electrons. The lowest BCUT2D eigenvalue weighted by Crippen LogP contribution is -2.45. The number of hydrogen-bond donors (Lipinski definition) is 1. The molecule has 0 saturated carbocycles. The zero-order chi connectivity index (χ0) is 27.9. The number of piperazine rings is 1. The van der Waals surface area contributed by atoms with Gasteiger partial charge in [0.05, 0.1) is 5.70 Å². The van der Waals surface area contributed by atoms with Crippen molar-refractivity contribution >= 4 is 35.9 Å². The van der Waals surface area contributed by atoms with Crippen LogP contribution in [0.3, 0.4) is 0 Å². The molecule has 2 aliphatic rings. The number of likely N-dealkylation sites (N-methyl/N-ethyl adjacent to an activating group) is 1. The first-order valence-electron chi connectivity index (χ1n) is 14.4. The molecular formula is C34H40ClN5. The second-order valence-electron chi connectivity index (χ2n) is 10.8. The van der Waals surface area contributed by atoms with Crippen molar-refractivity contribution in [1.29, 1.82) is 0 Å². The SMILES string of the molecule is C=NC1=C(/C=N\CNc2ccc(CCN3CCN(C)CC3)cc2)CC(c2ccc(CC)c(Cl)c2)c2ccccc21. The van der Waals surface area contributed by atoms with Gasteiger partial charge >= 0.3 is 0 Å². The number of aryl methyl sites for hydroxylation is 1. The van der Waals surface area contributed by atoms with Crippen LogP contribution in [0.4, 0.5) is 5.69 Å². The lowest BCUT2D eigenvalue weighted by atomic mass is 9.77. The number of allylic oxidation sites excluding steroid dienone is 1. The molecule has 0 spiro atoms. The summed E-state index contributed by atoms with van der Waals surface area (Å²) in [7, 11) is 2.20. The maximum atomic E-state index is 6.62. The van der Waals surface area contributed by atoms with Crippen molar-refractivity contribution in [3.8, 4) is 0 Å². The molecule has 5 rings (SSSR count). The van der Waals surface area contributed by atoms with Crippen molar-refractivity contribution in [2.24, 2.45) is 9.98 Å². The molecule has 1 N–H and O–H groups in total. The van der Waals surface area contributed by atoms with Gasteiger partial charge in [0.1, 0.15) is 6.67 Å². The summed E-state index contributed by atoms with van der Waals surface area (Å²) in [6.07, 6.45) is 4.78. The number of rotatable bonds is 10. The van der Waals surface area contributed by atoms with E-state index in [0.717, 1.165) is 66.4 Å². The fraction of sp³-hybridized carbons (Fsp3) is 0.353. The summed E-state index contributed by atoms with van der Waals surface area (Å²) in [5.41, 5.74) is 9.23. The molecule has 0 aromatic heterocycles. The number of benzene rings is 3. The molecule has 1 unspecified atom stereocenters. The minimum Gasteiger partial charge on any atom is -0.366 e. The summed E-state index contributed by atoms with van der Waals surface area (Å²) < 4.78 is 0. The fourth-order valence-corrected chi connectivity index (χ4v) is 6.04. The van der Waals surface area contributed by atoms with E-state index in [4.69, 9.17) is 16.6 Å². The van der Waals surface area contributed by atoms with Crippen LogP contribution in [0.5, 0.6) is 0 Å². The molecule has 1 aliphatic carbocycles. The van der Waals surface area contributed by atoms with Crippen molar-refractivity contribution < 1.29 is 0 Å². The average Bonchev–Trinajstić information content (AvgIpc) is 2.99. The van der Waals surface area contributed by atoms with E-state index < -0.39 is 0 Å². The topological polar surface area (TPSA) is 43.2 Å². The van der Waals surface area contributed by atoms with Gasteiger partial charge in [-0.15, -0.1) is 0 Å². The van der Waals surface area contributed by atoms with Crippen LogP contribution in [-0.2, 0) is 12.8 Å². The van der Waals surface area contributed by atoms with Crippen molar-refractivity contribution in [2.45, 2.75) is 32.1 Å². The van der Waals surface area contributed by atoms with Gasteiger partial charge in [-0.2, -0.15) is 0 Å². The number of aliphatic imine (C=N–C) groups is 2. The predicted octanol–water partition coefficient (Wildman–Crippen LogP) is 6.78. The third kappa shape index (κ3) is 6.72. The largest absolute Gasteiger partial charge is 0.366 e. The molecule has 5 nitrogen and oxygen atoms in total. The highest BCUT2D eigenvalue weighted by Crippen LogP contribution is 2.42. The van der Waals surface area contributed by atoms with Crippen molar-refractivity contribution in [1.82, 2.24) is 9.80 Å². The molecule has 3 aromatic rings. The monoisotopic (exact) mass is 553 g/mol. The van der Waals surface area contributed by atoms with Crippen LogP contribution in [0.15, 0.2) is 82.3 Å². The number of nitrogens with one attached hydrogen (secondary N) is 1. The Morgan fingerprint density at radius 2 is 1.80 bits per heavy atom. The number of fused-ring (bicyclic) bond motifs is 1. The van der Waals surface area contributed by atoms with E-state index in [2.05, 4.69) is 108 Å². The van der Waals surface area contributed by atoms with Gasteiger partial charge in [0.15, 0.2) is 0 Å². The Hall–Kier alpha value is -3.25. The Labute approximate surface area is 244 Å². The summed E-state index contributed by atoms with van der Waals surface area (Å²) in [5, 5.41) is 4.27. The highest BCUT2D eigenvalue weighted by molar-refractivity contribution is 6.31. The van der Waals surface area contributed by atoms with Crippen molar-refractivity contribution in [3.63, 3.8) is 0 Å². The van der Waals surface area contributed by atoms with E-state index in [1.54, 1.807) is 0 Å². The minimum absolute atomic E-state index is 0.193. The van der Waals surface area contributed by atoms with Gasteiger partial charge < -0.3 is 15.1 Å². The third-order valence-electron chi connectivity index (χ3n) is 8.23. The number of anilines is 1. The van der Waals surface area contributed by atoms with Crippen LogP contribution in [0, 0.1) is 0 Å². The lowest BCUT2D eigenvalue weighted by Gasteiger charge is -2.32. The van der Waals surface area contributed by atoms with Gasteiger partial charge in [0.2, 0.25) is 0 Å². The maximum absolute atomic E-state index is 6.62. The molecule has 1 atom stereocenters. The van der Waals surface area contributed by atoms with E-state index >= 15 is 0 Å². The van der Waals surface area contributed by atoms with Gasteiger partial charge in [-0.3, -0.25) is 9.98 Å². The smallest absolute Gasteiger partial charge is 0.107 e. The Balaban J connectivity index is 1.23. The Morgan fingerprint density at radius 3 is 2.52 bits per heavy atom. The average molecular weight is 554 g/mol. The number of halogens is 1. The Morgan fingerprint density at radius 1 is 1.02 bits per heavy atom. The molecule has 0 radical (unpaired) electrons. The van der Waals surface area contributed by atoms with E-state index in [1.807, 2.05) is 6.21 Å². The molecule has 1 heterocycles. The van der Waals surface area contributed by atoms with Crippen LogP contribution in [0.1, 0.15) is 47.1 Å². The van der Waals surface area contributed by atoms with Crippen LogP contribution >= 0.6 is 11.6 Å². The molecular weight excluding hydrogens is 514 g/mol. The van der Waals surface area contributed by atoms with Gasteiger partial charge in [-0.05, 0) is 79.1 Å².